The summed E-state index contributed by atoms with van der Waals surface area (Å²) in [5, 5.41) is 12.5. The lowest BCUT2D eigenvalue weighted by atomic mass is 10.0. The molecule has 1 atom stereocenters. The number of rotatable bonds is 5. The van der Waals surface area contributed by atoms with Crippen LogP contribution in [-0.2, 0) is 0 Å². The van der Waals surface area contributed by atoms with Gasteiger partial charge in [0.1, 0.15) is 11.9 Å². The smallest absolute Gasteiger partial charge is 0.217 e. The van der Waals surface area contributed by atoms with Gasteiger partial charge in [-0.3, -0.25) is 4.57 Å². The molecule has 1 heterocycles. The van der Waals surface area contributed by atoms with Crippen LogP contribution in [0, 0.1) is 24.1 Å². The molecular weight excluding hydrogens is 267 g/mol. The standard InChI is InChI=1S/C16H19FN4/c1-4-5-19-12(3)13-9-14(17)11(2)8-15(13)21-7-6-20-16(21)10-18/h6-9,12,19H,4-5H2,1-3H3. The molecule has 0 spiro atoms. The molecule has 0 saturated carbocycles. The molecule has 21 heavy (non-hydrogen) atoms. The van der Waals surface area contributed by atoms with Crippen molar-refractivity contribution in [1.29, 1.82) is 5.26 Å². The molecule has 1 unspecified atom stereocenters. The second-order valence-electron chi connectivity index (χ2n) is 5.07. The summed E-state index contributed by atoms with van der Waals surface area (Å²) >= 11 is 0. The summed E-state index contributed by atoms with van der Waals surface area (Å²) in [6, 6.07) is 5.35. The van der Waals surface area contributed by atoms with E-state index in [9.17, 15) is 4.39 Å². The topological polar surface area (TPSA) is 53.6 Å². The number of aryl methyl sites for hydroxylation is 1. The van der Waals surface area contributed by atoms with Gasteiger partial charge in [0.15, 0.2) is 0 Å². The Balaban J connectivity index is 2.54. The minimum Gasteiger partial charge on any atom is -0.310 e. The fourth-order valence-corrected chi connectivity index (χ4v) is 2.29. The Bertz CT molecular complexity index is 669. The zero-order valence-corrected chi connectivity index (χ0v) is 12.5. The van der Waals surface area contributed by atoms with Gasteiger partial charge in [0.25, 0.3) is 0 Å². The molecule has 0 bridgehead atoms. The van der Waals surface area contributed by atoms with E-state index in [1.165, 1.54) is 0 Å². The molecule has 0 amide bonds. The molecule has 0 radical (unpaired) electrons. The SMILES string of the molecule is CCCNC(C)c1cc(F)c(C)cc1-n1ccnc1C#N. The molecule has 0 aliphatic carbocycles. The molecule has 0 aliphatic heterocycles. The number of aromatic nitrogens is 2. The zero-order valence-electron chi connectivity index (χ0n) is 12.5. The summed E-state index contributed by atoms with van der Waals surface area (Å²) in [7, 11) is 0. The average molecular weight is 286 g/mol. The summed E-state index contributed by atoms with van der Waals surface area (Å²) in [5.41, 5.74) is 2.16. The van der Waals surface area contributed by atoms with Gasteiger partial charge in [-0.25, -0.2) is 9.37 Å². The van der Waals surface area contributed by atoms with Gasteiger partial charge in [0.2, 0.25) is 5.82 Å². The van der Waals surface area contributed by atoms with Crippen molar-refractivity contribution < 1.29 is 4.39 Å². The molecule has 2 rings (SSSR count). The van der Waals surface area contributed by atoms with Crippen molar-refractivity contribution in [3.8, 4) is 11.8 Å². The van der Waals surface area contributed by atoms with Gasteiger partial charge in [-0.1, -0.05) is 6.92 Å². The molecule has 0 saturated heterocycles. The van der Waals surface area contributed by atoms with Gasteiger partial charge in [-0.2, -0.15) is 5.26 Å². The largest absolute Gasteiger partial charge is 0.310 e. The van der Waals surface area contributed by atoms with Crippen molar-refractivity contribution in [3.05, 3.63) is 47.3 Å². The van der Waals surface area contributed by atoms with Gasteiger partial charge in [0.05, 0.1) is 5.69 Å². The Morgan fingerprint density at radius 3 is 2.90 bits per heavy atom. The first-order valence-electron chi connectivity index (χ1n) is 7.05. The predicted octanol–water partition coefficient (Wildman–Crippen LogP) is 3.25. The zero-order chi connectivity index (χ0) is 15.4. The van der Waals surface area contributed by atoms with E-state index in [4.69, 9.17) is 5.26 Å². The lowest BCUT2D eigenvalue weighted by Crippen LogP contribution is -2.21. The number of nitriles is 1. The van der Waals surface area contributed by atoms with Crippen molar-refractivity contribution in [3.63, 3.8) is 0 Å². The van der Waals surface area contributed by atoms with Crippen LogP contribution in [0.5, 0.6) is 0 Å². The first kappa shape index (κ1) is 15.2. The number of hydrogen-bond acceptors (Lipinski definition) is 3. The monoisotopic (exact) mass is 286 g/mol. The lowest BCUT2D eigenvalue weighted by Gasteiger charge is -2.19. The molecule has 1 N–H and O–H groups in total. The quantitative estimate of drug-likeness (QED) is 0.918. The fraction of sp³-hybridized carbons (Fsp3) is 0.375. The van der Waals surface area contributed by atoms with Crippen LogP contribution in [0.25, 0.3) is 5.69 Å². The fourth-order valence-electron chi connectivity index (χ4n) is 2.29. The van der Waals surface area contributed by atoms with Gasteiger partial charge >= 0.3 is 0 Å². The molecule has 1 aromatic heterocycles. The van der Waals surface area contributed by atoms with Crippen molar-refractivity contribution in [2.24, 2.45) is 0 Å². The highest BCUT2D eigenvalue weighted by atomic mass is 19.1. The van der Waals surface area contributed by atoms with E-state index in [1.807, 2.05) is 6.92 Å². The van der Waals surface area contributed by atoms with E-state index in [-0.39, 0.29) is 11.9 Å². The van der Waals surface area contributed by atoms with Gasteiger partial charge in [0, 0.05) is 18.4 Å². The van der Waals surface area contributed by atoms with E-state index in [0.29, 0.717) is 11.4 Å². The maximum absolute atomic E-state index is 13.9. The summed E-state index contributed by atoms with van der Waals surface area (Å²) in [5.74, 6) is 0.0578. The Hall–Kier alpha value is -2.19. The van der Waals surface area contributed by atoms with E-state index < -0.39 is 0 Å². The third-order valence-corrected chi connectivity index (χ3v) is 3.48. The minimum absolute atomic E-state index is 0.0102. The van der Waals surface area contributed by atoms with E-state index in [2.05, 4.69) is 23.3 Å². The van der Waals surface area contributed by atoms with Crippen LogP contribution >= 0.6 is 0 Å². The second kappa shape index (κ2) is 6.51. The molecule has 4 nitrogen and oxygen atoms in total. The second-order valence-corrected chi connectivity index (χ2v) is 5.07. The summed E-state index contributed by atoms with van der Waals surface area (Å²) in [6.45, 7) is 6.65. The van der Waals surface area contributed by atoms with Crippen molar-refractivity contribution >= 4 is 0 Å². The van der Waals surface area contributed by atoms with Crippen LogP contribution in [0.15, 0.2) is 24.5 Å². The van der Waals surface area contributed by atoms with Crippen LogP contribution < -0.4 is 5.32 Å². The Morgan fingerprint density at radius 2 is 2.24 bits per heavy atom. The maximum Gasteiger partial charge on any atom is 0.217 e. The summed E-state index contributed by atoms with van der Waals surface area (Å²) in [4.78, 5) is 4.01. The first-order chi connectivity index (χ1) is 10.1. The van der Waals surface area contributed by atoms with Gasteiger partial charge < -0.3 is 5.32 Å². The van der Waals surface area contributed by atoms with Crippen LogP contribution in [-0.4, -0.2) is 16.1 Å². The number of imidazole rings is 1. The Morgan fingerprint density at radius 1 is 1.48 bits per heavy atom. The number of nitrogens with zero attached hydrogens (tertiary/aromatic N) is 3. The maximum atomic E-state index is 13.9. The van der Waals surface area contributed by atoms with Crippen LogP contribution in [0.1, 0.15) is 43.3 Å². The van der Waals surface area contributed by atoms with Crippen LogP contribution in [0.2, 0.25) is 0 Å². The summed E-state index contributed by atoms with van der Waals surface area (Å²) < 4.78 is 15.6. The van der Waals surface area contributed by atoms with Gasteiger partial charge in [-0.05, 0) is 50.1 Å². The highest BCUT2D eigenvalue weighted by molar-refractivity contribution is 5.48. The van der Waals surface area contributed by atoms with E-state index in [0.717, 1.165) is 24.2 Å². The molecular formula is C16H19FN4. The highest BCUT2D eigenvalue weighted by Crippen LogP contribution is 2.26. The van der Waals surface area contributed by atoms with Crippen LogP contribution in [0.4, 0.5) is 4.39 Å². The third kappa shape index (κ3) is 3.11. The Kier molecular flexibility index (Phi) is 4.71. The molecule has 0 aliphatic rings. The molecule has 2 aromatic rings. The molecule has 0 fully saturated rings. The van der Waals surface area contributed by atoms with Gasteiger partial charge in [-0.15, -0.1) is 0 Å². The summed E-state index contributed by atoms with van der Waals surface area (Å²) in [6.07, 6.45) is 4.30. The first-order valence-corrected chi connectivity index (χ1v) is 7.05. The molecule has 5 heteroatoms. The molecule has 110 valence electrons. The van der Waals surface area contributed by atoms with Crippen LogP contribution in [0.3, 0.4) is 0 Å². The van der Waals surface area contributed by atoms with E-state index in [1.54, 1.807) is 36.0 Å². The molecule has 1 aromatic carbocycles. The normalized spacial score (nSPS) is 12.1. The number of benzene rings is 1. The third-order valence-electron chi connectivity index (χ3n) is 3.48. The van der Waals surface area contributed by atoms with Crippen molar-refractivity contribution in [2.45, 2.75) is 33.2 Å². The Labute approximate surface area is 124 Å². The van der Waals surface area contributed by atoms with Crippen molar-refractivity contribution in [1.82, 2.24) is 14.9 Å². The number of hydrogen-bond donors (Lipinski definition) is 1. The number of halogens is 1. The highest BCUT2D eigenvalue weighted by Gasteiger charge is 2.16. The number of nitrogens with one attached hydrogen (secondary N) is 1. The average Bonchev–Trinajstić information content (AvgIpc) is 2.95. The lowest BCUT2D eigenvalue weighted by molar-refractivity contribution is 0.558. The van der Waals surface area contributed by atoms with E-state index >= 15 is 0 Å². The minimum atomic E-state index is -0.238. The van der Waals surface area contributed by atoms with Crippen molar-refractivity contribution in [2.75, 3.05) is 6.54 Å². The predicted molar refractivity (Wildman–Crippen MR) is 79.7 cm³/mol.